The topological polar surface area (TPSA) is 29.1 Å². The van der Waals surface area contributed by atoms with Gasteiger partial charge < -0.3 is 5.32 Å². The van der Waals surface area contributed by atoms with Gasteiger partial charge in [0.25, 0.3) is 0 Å². The molecule has 0 unspecified atom stereocenters. The number of rotatable bonds is 2. The Bertz CT molecular complexity index is 103. The van der Waals surface area contributed by atoms with Crippen LogP contribution >= 0.6 is 15.9 Å². The molecule has 0 bridgehead atoms. The van der Waals surface area contributed by atoms with Crippen LogP contribution in [0.3, 0.4) is 0 Å². The van der Waals surface area contributed by atoms with E-state index in [1.165, 1.54) is 6.92 Å². The lowest BCUT2D eigenvalue weighted by Gasteiger charge is -2.13. The largest absolute Gasteiger partial charge is 0.353 e. The van der Waals surface area contributed by atoms with E-state index in [0.717, 1.165) is 0 Å². The van der Waals surface area contributed by atoms with Gasteiger partial charge in [0.1, 0.15) is 0 Å². The van der Waals surface area contributed by atoms with Crippen LogP contribution in [0.15, 0.2) is 0 Å². The van der Waals surface area contributed by atoms with Gasteiger partial charge in [-0.25, -0.2) is 0 Å². The highest BCUT2D eigenvalue weighted by molar-refractivity contribution is 9.09. The fourth-order valence-corrected chi connectivity index (χ4v) is 0.568. The first-order valence-electron chi connectivity index (χ1n) is 2.95. The molecule has 2 nitrogen and oxygen atoms in total. The first kappa shape index (κ1) is 8.95. The molecule has 1 N–H and O–H groups in total. The average Bonchev–Trinajstić information content (AvgIpc) is 1.63. The molecule has 0 saturated carbocycles. The second kappa shape index (κ2) is 3.88. The van der Waals surface area contributed by atoms with Gasteiger partial charge in [0.2, 0.25) is 5.91 Å². The molecule has 3 heteroatoms. The predicted molar refractivity (Wildman–Crippen MR) is 41.7 cm³/mol. The molecule has 0 aromatic heterocycles. The summed E-state index contributed by atoms with van der Waals surface area (Å²) in [6.07, 6.45) is 0. The SMILES string of the molecule is CC(=O)N[C@@H](C)[C@@H](C)Br. The van der Waals surface area contributed by atoms with Crippen LogP contribution in [0, 0.1) is 0 Å². The molecule has 1 amide bonds. The molecule has 0 rings (SSSR count). The lowest BCUT2D eigenvalue weighted by atomic mass is 10.2. The third-order valence-electron chi connectivity index (χ3n) is 1.12. The first-order valence-corrected chi connectivity index (χ1v) is 3.86. The highest BCUT2D eigenvalue weighted by Gasteiger charge is 2.07. The molecule has 0 heterocycles. The Kier molecular flexibility index (Phi) is 3.86. The Labute approximate surface area is 64.1 Å². The van der Waals surface area contributed by atoms with E-state index in [-0.39, 0.29) is 11.9 Å². The molecule has 2 atom stereocenters. The van der Waals surface area contributed by atoms with Gasteiger partial charge in [-0.1, -0.05) is 22.9 Å². The van der Waals surface area contributed by atoms with E-state index in [4.69, 9.17) is 0 Å². The summed E-state index contributed by atoms with van der Waals surface area (Å²) < 4.78 is 0. The molecule has 0 fully saturated rings. The Morgan fingerprint density at radius 2 is 2.00 bits per heavy atom. The van der Waals surface area contributed by atoms with E-state index in [0.29, 0.717) is 4.83 Å². The number of nitrogens with one attached hydrogen (secondary N) is 1. The monoisotopic (exact) mass is 193 g/mol. The fourth-order valence-electron chi connectivity index (χ4n) is 0.435. The van der Waals surface area contributed by atoms with Crippen molar-refractivity contribution in [2.75, 3.05) is 0 Å². The van der Waals surface area contributed by atoms with Gasteiger partial charge in [-0.05, 0) is 6.92 Å². The number of alkyl halides is 1. The predicted octanol–water partition coefficient (Wildman–Crippen LogP) is 1.29. The summed E-state index contributed by atoms with van der Waals surface area (Å²) in [4.78, 5) is 10.8. The van der Waals surface area contributed by atoms with Gasteiger partial charge in [-0.3, -0.25) is 4.79 Å². The van der Waals surface area contributed by atoms with Crippen molar-refractivity contribution >= 4 is 21.8 Å². The minimum atomic E-state index is 0.0220. The van der Waals surface area contributed by atoms with Crippen LogP contribution in [0.1, 0.15) is 20.8 Å². The first-order chi connectivity index (χ1) is 4.04. The molecule has 0 aliphatic heterocycles. The quantitative estimate of drug-likeness (QED) is 0.659. The molecule has 0 aliphatic carbocycles. The molecule has 0 spiro atoms. The third-order valence-corrected chi connectivity index (χ3v) is 1.91. The summed E-state index contributed by atoms with van der Waals surface area (Å²) in [5.74, 6) is 0.0220. The fraction of sp³-hybridized carbons (Fsp3) is 0.833. The molecule has 0 saturated heterocycles. The third kappa shape index (κ3) is 4.45. The van der Waals surface area contributed by atoms with E-state index in [1.807, 2.05) is 13.8 Å². The van der Waals surface area contributed by atoms with Crippen molar-refractivity contribution in [3.05, 3.63) is 0 Å². The minimum absolute atomic E-state index is 0.0220. The van der Waals surface area contributed by atoms with Crippen LogP contribution in [-0.4, -0.2) is 16.8 Å². The number of carbonyl (C=O) groups is 1. The second-order valence-electron chi connectivity index (χ2n) is 2.17. The van der Waals surface area contributed by atoms with Gasteiger partial charge >= 0.3 is 0 Å². The number of amides is 1. The molecule has 0 aliphatic rings. The van der Waals surface area contributed by atoms with Crippen molar-refractivity contribution < 1.29 is 4.79 Å². The van der Waals surface area contributed by atoms with E-state index in [9.17, 15) is 4.79 Å². The summed E-state index contributed by atoms with van der Waals surface area (Å²) in [5, 5.41) is 2.76. The lowest BCUT2D eigenvalue weighted by Crippen LogP contribution is -2.35. The van der Waals surface area contributed by atoms with Crippen molar-refractivity contribution in [2.45, 2.75) is 31.6 Å². The average molecular weight is 194 g/mol. The van der Waals surface area contributed by atoms with Gasteiger partial charge in [-0.2, -0.15) is 0 Å². The maximum Gasteiger partial charge on any atom is 0.217 e. The summed E-state index contributed by atoms with van der Waals surface area (Å²) >= 11 is 3.35. The van der Waals surface area contributed by atoms with E-state index < -0.39 is 0 Å². The summed E-state index contributed by atoms with van der Waals surface area (Å²) in [5.41, 5.74) is 0. The normalized spacial score (nSPS) is 16.4. The van der Waals surface area contributed by atoms with Crippen molar-refractivity contribution in [3.8, 4) is 0 Å². The number of hydrogen-bond donors (Lipinski definition) is 1. The van der Waals surface area contributed by atoms with Crippen molar-refractivity contribution in [3.63, 3.8) is 0 Å². The zero-order chi connectivity index (χ0) is 7.44. The van der Waals surface area contributed by atoms with Crippen LogP contribution in [0.25, 0.3) is 0 Å². The van der Waals surface area contributed by atoms with Crippen LogP contribution in [0.2, 0.25) is 0 Å². The molecule has 9 heavy (non-hydrogen) atoms. The van der Waals surface area contributed by atoms with Crippen molar-refractivity contribution in [1.82, 2.24) is 5.32 Å². The Morgan fingerprint density at radius 1 is 1.56 bits per heavy atom. The molecule has 0 aromatic carbocycles. The van der Waals surface area contributed by atoms with E-state index in [1.54, 1.807) is 0 Å². The Hall–Kier alpha value is -0.0500. The van der Waals surface area contributed by atoms with Gasteiger partial charge in [0.15, 0.2) is 0 Å². The number of hydrogen-bond acceptors (Lipinski definition) is 1. The molecular weight excluding hydrogens is 182 g/mol. The van der Waals surface area contributed by atoms with E-state index >= 15 is 0 Å². The maximum absolute atomic E-state index is 10.4. The zero-order valence-corrected chi connectivity index (χ0v) is 7.53. The summed E-state index contributed by atoms with van der Waals surface area (Å²) in [7, 11) is 0. The van der Waals surface area contributed by atoms with Gasteiger partial charge in [0.05, 0.1) is 0 Å². The molecule has 0 radical (unpaired) electrons. The maximum atomic E-state index is 10.4. The highest BCUT2D eigenvalue weighted by atomic mass is 79.9. The minimum Gasteiger partial charge on any atom is -0.353 e. The van der Waals surface area contributed by atoms with Crippen LogP contribution in [0.5, 0.6) is 0 Å². The summed E-state index contributed by atoms with van der Waals surface area (Å²) in [6, 6.07) is 0.211. The van der Waals surface area contributed by atoms with Crippen molar-refractivity contribution in [1.29, 1.82) is 0 Å². The Balaban J connectivity index is 3.50. The van der Waals surface area contributed by atoms with Crippen LogP contribution < -0.4 is 5.32 Å². The Morgan fingerprint density at radius 3 is 2.11 bits per heavy atom. The smallest absolute Gasteiger partial charge is 0.217 e. The van der Waals surface area contributed by atoms with Gasteiger partial charge in [0, 0.05) is 17.8 Å². The molecule has 54 valence electrons. The van der Waals surface area contributed by atoms with Crippen LogP contribution in [0.4, 0.5) is 0 Å². The number of halogens is 1. The summed E-state index contributed by atoms with van der Waals surface area (Å²) in [6.45, 7) is 5.48. The second-order valence-corrected chi connectivity index (χ2v) is 3.61. The highest BCUT2D eigenvalue weighted by Crippen LogP contribution is 2.02. The number of carbonyl (C=O) groups excluding carboxylic acids is 1. The standard InChI is InChI=1S/C6H12BrNO/c1-4(7)5(2)8-6(3)9/h4-5H,1-3H3,(H,8,9)/t4-,5+/m1/s1. The zero-order valence-electron chi connectivity index (χ0n) is 5.94. The molecule has 0 aromatic rings. The van der Waals surface area contributed by atoms with E-state index in [2.05, 4.69) is 21.2 Å². The van der Waals surface area contributed by atoms with Crippen molar-refractivity contribution in [2.24, 2.45) is 0 Å². The molecular formula is C6H12BrNO. The van der Waals surface area contributed by atoms with Crippen LogP contribution in [-0.2, 0) is 4.79 Å². The van der Waals surface area contributed by atoms with Gasteiger partial charge in [-0.15, -0.1) is 0 Å². The lowest BCUT2D eigenvalue weighted by molar-refractivity contribution is -0.119.